The first kappa shape index (κ1) is 8.29. The van der Waals surface area contributed by atoms with Crippen molar-refractivity contribution >= 4 is 15.9 Å². The minimum Gasteiger partial charge on any atom is -0.399 e. The van der Waals surface area contributed by atoms with Crippen molar-refractivity contribution in [1.29, 1.82) is 0 Å². The predicted molar refractivity (Wildman–Crippen MR) is 50.4 cm³/mol. The molecule has 0 bridgehead atoms. The highest BCUT2D eigenvalue weighted by Gasteiger charge is 1.91. The number of anilines is 1. The molecule has 1 rings (SSSR count). The normalized spacial score (nSPS) is 10.2. The van der Waals surface area contributed by atoms with Crippen LogP contribution in [0.1, 0.15) is 5.56 Å². The van der Waals surface area contributed by atoms with Crippen molar-refractivity contribution in [2.24, 2.45) is 0 Å². The fraction of sp³-hybridized carbons (Fsp3) is 0.250. The lowest BCUT2D eigenvalue weighted by molar-refractivity contribution is 0.165. The molecular weight excluding hydrogens is 154 g/mol. The second kappa shape index (κ2) is 4.15. The third kappa shape index (κ3) is 2.74. The van der Waals surface area contributed by atoms with E-state index in [0.29, 0.717) is 6.61 Å². The third-order valence-corrected chi connectivity index (χ3v) is 1.83. The zero-order valence-electron chi connectivity index (χ0n) is 6.71. The fourth-order valence-corrected chi connectivity index (χ4v) is 1.11. The number of ether oxygens (including phenoxy) is 1. The first-order valence-electron chi connectivity index (χ1n) is 3.75. The first-order chi connectivity index (χ1) is 5.33. The van der Waals surface area contributed by atoms with Crippen LogP contribution in [0.3, 0.4) is 0 Å². The van der Waals surface area contributed by atoms with Gasteiger partial charge in [0.05, 0.1) is 6.61 Å². The van der Waals surface area contributed by atoms with Crippen LogP contribution >= 0.6 is 0 Å². The molecule has 1 aromatic rings. The van der Waals surface area contributed by atoms with Gasteiger partial charge in [-0.05, 0) is 17.7 Å². The molecule has 0 heterocycles. The molecule has 0 atom stereocenters. The molecule has 0 amide bonds. The molecule has 0 aliphatic carbocycles. The van der Waals surface area contributed by atoms with Crippen molar-refractivity contribution in [3.63, 3.8) is 0 Å². The molecule has 0 aliphatic rings. The molecule has 0 radical (unpaired) electrons. The summed E-state index contributed by atoms with van der Waals surface area (Å²) < 4.78 is 5.28. The van der Waals surface area contributed by atoms with Crippen molar-refractivity contribution in [2.45, 2.75) is 6.61 Å². The van der Waals surface area contributed by atoms with Gasteiger partial charge < -0.3 is 10.5 Å². The van der Waals surface area contributed by atoms with Crippen molar-refractivity contribution in [3.8, 4) is 0 Å². The predicted octanol–water partition coefficient (Wildman–Crippen LogP) is 0.108. The van der Waals surface area contributed by atoms with Crippen LogP contribution in [0.15, 0.2) is 24.3 Å². The summed E-state index contributed by atoms with van der Waals surface area (Å²) in [5.74, 6) is 0. The molecule has 2 nitrogen and oxygen atoms in total. The fourth-order valence-electron chi connectivity index (χ4n) is 0.903. The number of nitrogens with two attached hydrogens (primary N) is 1. The summed E-state index contributed by atoms with van der Waals surface area (Å²) in [5.41, 5.74) is 7.54. The third-order valence-electron chi connectivity index (χ3n) is 1.42. The van der Waals surface area contributed by atoms with Gasteiger partial charge in [0.25, 0.3) is 0 Å². The summed E-state index contributed by atoms with van der Waals surface area (Å²) in [7, 11) is 1.09. The van der Waals surface area contributed by atoms with Gasteiger partial charge in [0, 0.05) is 22.2 Å². The van der Waals surface area contributed by atoms with E-state index in [-0.39, 0.29) is 0 Å². The van der Waals surface area contributed by atoms with Crippen LogP contribution in [0.4, 0.5) is 5.69 Å². The Balaban J connectivity index is 2.56. The van der Waals surface area contributed by atoms with Gasteiger partial charge >= 0.3 is 0 Å². The minimum atomic E-state index is 0.689. The summed E-state index contributed by atoms with van der Waals surface area (Å²) in [6, 6.07) is 7.79. The monoisotopic (exact) mass is 167 g/mol. The molecule has 0 aliphatic heterocycles. The highest BCUT2D eigenvalue weighted by atomic mass is 28.1. The number of hydrogen-bond acceptors (Lipinski definition) is 2. The van der Waals surface area contributed by atoms with E-state index >= 15 is 0 Å². The van der Waals surface area contributed by atoms with Gasteiger partial charge in [0.1, 0.15) is 0 Å². The van der Waals surface area contributed by atoms with Gasteiger partial charge in [-0.1, -0.05) is 12.1 Å². The zero-order valence-corrected chi connectivity index (χ0v) is 8.71. The molecule has 0 saturated heterocycles. The van der Waals surface area contributed by atoms with Crippen LogP contribution in [0.5, 0.6) is 0 Å². The van der Waals surface area contributed by atoms with Crippen molar-refractivity contribution in [2.75, 3.05) is 12.0 Å². The molecule has 11 heavy (non-hydrogen) atoms. The minimum absolute atomic E-state index is 0.689. The van der Waals surface area contributed by atoms with Gasteiger partial charge in [0.15, 0.2) is 0 Å². The van der Waals surface area contributed by atoms with E-state index < -0.39 is 0 Å². The zero-order chi connectivity index (χ0) is 8.10. The molecule has 0 saturated carbocycles. The van der Waals surface area contributed by atoms with E-state index in [1.54, 1.807) is 0 Å². The number of hydrogen-bond donors (Lipinski definition) is 1. The Morgan fingerprint density at radius 1 is 1.45 bits per heavy atom. The van der Waals surface area contributed by atoms with E-state index in [1.165, 1.54) is 0 Å². The van der Waals surface area contributed by atoms with Gasteiger partial charge in [-0.2, -0.15) is 0 Å². The maximum atomic E-state index is 5.58. The average Bonchev–Trinajstić information content (AvgIpc) is 2.01. The van der Waals surface area contributed by atoms with Crippen LogP contribution in [0.25, 0.3) is 0 Å². The second-order valence-corrected chi connectivity index (χ2v) is 2.96. The Bertz CT molecular complexity index is 227. The van der Waals surface area contributed by atoms with Crippen LogP contribution in [0.2, 0.25) is 0 Å². The van der Waals surface area contributed by atoms with Crippen LogP contribution in [-0.2, 0) is 11.3 Å². The highest BCUT2D eigenvalue weighted by molar-refractivity contribution is 6.08. The van der Waals surface area contributed by atoms with Crippen molar-refractivity contribution in [1.82, 2.24) is 0 Å². The lowest BCUT2D eigenvalue weighted by atomic mass is 10.2. The number of benzene rings is 1. The molecule has 0 aromatic heterocycles. The summed E-state index contributed by atoms with van der Waals surface area (Å²) in [6.45, 7) is 0.689. The maximum absolute atomic E-state index is 5.58. The van der Waals surface area contributed by atoms with E-state index in [0.717, 1.165) is 27.7 Å². The standard InChI is InChI=1S/C8H13NOSi/c9-8-3-1-2-7(4-8)5-10-6-11/h1-4H,5-6,9H2,11H3. The molecule has 3 heteroatoms. The summed E-state index contributed by atoms with van der Waals surface area (Å²) in [6.07, 6.45) is 0.884. The second-order valence-electron chi connectivity index (χ2n) is 2.38. The summed E-state index contributed by atoms with van der Waals surface area (Å²) >= 11 is 0. The van der Waals surface area contributed by atoms with Crippen LogP contribution in [0, 0.1) is 0 Å². The molecule has 0 spiro atoms. The van der Waals surface area contributed by atoms with E-state index in [1.807, 2.05) is 24.3 Å². The van der Waals surface area contributed by atoms with Gasteiger partial charge in [-0.15, -0.1) is 0 Å². The molecule has 0 unspecified atom stereocenters. The van der Waals surface area contributed by atoms with Crippen molar-refractivity contribution < 1.29 is 4.74 Å². The first-order valence-corrected chi connectivity index (χ1v) is 5.16. The van der Waals surface area contributed by atoms with E-state index in [2.05, 4.69) is 0 Å². The van der Waals surface area contributed by atoms with Gasteiger partial charge in [-0.25, -0.2) is 0 Å². The molecule has 1 aromatic carbocycles. The number of rotatable bonds is 3. The smallest absolute Gasteiger partial charge is 0.0712 e. The Hall–Kier alpha value is -0.803. The molecule has 60 valence electrons. The van der Waals surface area contributed by atoms with E-state index in [9.17, 15) is 0 Å². The summed E-state index contributed by atoms with van der Waals surface area (Å²) in [5, 5.41) is 0. The quantitative estimate of drug-likeness (QED) is 0.512. The van der Waals surface area contributed by atoms with Crippen LogP contribution in [-0.4, -0.2) is 16.5 Å². The van der Waals surface area contributed by atoms with Crippen molar-refractivity contribution in [3.05, 3.63) is 29.8 Å². The van der Waals surface area contributed by atoms with Gasteiger partial charge in [-0.3, -0.25) is 0 Å². The largest absolute Gasteiger partial charge is 0.399 e. The van der Waals surface area contributed by atoms with Gasteiger partial charge in [0.2, 0.25) is 0 Å². The molecular formula is C8H13NOSi. The Morgan fingerprint density at radius 2 is 2.27 bits per heavy atom. The Labute approximate surface area is 69.8 Å². The molecule has 2 N–H and O–H groups in total. The van der Waals surface area contributed by atoms with Crippen LogP contribution < -0.4 is 5.73 Å². The lowest BCUT2D eigenvalue weighted by Crippen LogP contribution is -1.95. The average molecular weight is 167 g/mol. The maximum Gasteiger partial charge on any atom is 0.0712 e. The SMILES string of the molecule is Nc1cccc(COC[SiH3])c1. The Morgan fingerprint density at radius 3 is 2.91 bits per heavy atom. The lowest BCUT2D eigenvalue weighted by Gasteiger charge is -2.01. The topological polar surface area (TPSA) is 35.2 Å². The van der Waals surface area contributed by atoms with E-state index in [4.69, 9.17) is 10.5 Å². The Kier molecular flexibility index (Phi) is 3.13. The number of nitrogen functional groups attached to an aromatic ring is 1. The summed E-state index contributed by atoms with van der Waals surface area (Å²) in [4.78, 5) is 0. The molecule has 0 fully saturated rings. The highest BCUT2D eigenvalue weighted by Crippen LogP contribution is 2.06.